The summed E-state index contributed by atoms with van der Waals surface area (Å²) in [6.07, 6.45) is 3.66. The van der Waals surface area contributed by atoms with Gasteiger partial charge in [0, 0.05) is 19.6 Å². The van der Waals surface area contributed by atoms with Gasteiger partial charge in [0.25, 0.3) is 0 Å². The highest BCUT2D eigenvalue weighted by Crippen LogP contribution is 2.38. The number of likely N-dealkylation sites (tertiary alicyclic amines) is 1. The third-order valence-electron chi connectivity index (χ3n) is 5.15. The first-order valence-electron chi connectivity index (χ1n) is 7.78. The van der Waals surface area contributed by atoms with Crippen LogP contribution in [0.15, 0.2) is 30.3 Å². The molecule has 0 saturated carbocycles. The number of rotatable bonds is 6. The highest BCUT2D eigenvalue weighted by atomic mass is 16.3. The molecule has 1 aromatic rings. The Balaban J connectivity index is 2.08. The third-order valence-corrected chi connectivity index (χ3v) is 5.15. The topological polar surface area (TPSA) is 49.5 Å². The normalized spacial score (nSPS) is 21.8. The minimum absolute atomic E-state index is 0.263. The second-order valence-corrected chi connectivity index (χ2v) is 6.27. The number of benzene rings is 1. The van der Waals surface area contributed by atoms with Gasteiger partial charge in [0.15, 0.2) is 0 Å². The molecule has 1 fully saturated rings. The molecule has 2 rings (SSSR count). The molecule has 1 unspecified atom stereocenters. The van der Waals surface area contributed by atoms with E-state index in [2.05, 4.69) is 18.7 Å². The fourth-order valence-corrected chi connectivity index (χ4v) is 3.38. The number of hydrogen-bond donors (Lipinski definition) is 2. The van der Waals surface area contributed by atoms with Gasteiger partial charge in [-0.1, -0.05) is 44.2 Å². The van der Waals surface area contributed by atoms with E-state index in [4.69, 9.17) is 5.73 Å². The smallest absolute Gasteiger partial charge is 0.114 e. The first-order chi connectivity index (χ1) is 9.57. The van der Waals surface area contributed by atoms with E-state index in [1.165, 1.54) is 19.3 Å². The molecule has 112 valence electrons. The van der Waals surface area contributed by atoms with Crippen molar-refractivity contribution in [2.45, 2.75) is 38.7 Å². The van der Waals surface area contributed by atoms with Gasteiger partial charge >= 0.3 is 0 Å². The summed E-state index contributed by atoms with van der Waals surface area (Å²) in [6, 6.07) is 9.83. The van der Waals surface area contributed by atoms with Crippen molar-refractivity contribution in [3.8, 4) is 0 Å². The van der Waals surface area contributed by atoms with Crippen molar-refractivity contribution in [1.29, 1.82) is 0 Å². The maximum atomic E-state index is 10.9. The van der Waals surface area contributed by atoms with Crippen molar-refractivity contribution < 1.29 is 5.11 Å². The molecule has 0 amide bonds. The van der Waals surface area contributed by atoms with Crippen molar-refractivity contribution in [2.24, 2.45) is 11.1 Å². The summed E-state index contributed by atoms with van der Waals surface area (Å²) in [5.41, 5.74) is 6.30. The predicted molar refractivity (Wildman–Crippen MR) is 83.5 cm³/mol. The van der Waals surface area contributed by atoms with Gasteiger partial charge in [0.1, 0.15) is 5.60 Å². The maximum absolute atomic E-state index is 10.9. The summed E-state index contributed by atoms with van der Waals surface area (Å²) in [4.78, 5) is 2.38. The van der Waals surface area contributed by atoms with E-state index in [0.29, 0.717) is 12.0 Å². The van der Waals surface area contributed by atoms with Crippen LogP contribution in [-0.2, 0) is 5.60 Å². The summed E-state index contributed by atoms with van der Waals surface area (Å²) in [7, 11) is 0. The van der Waals surface area contributed by atoms with E-state index in [-0.39, 0.29) is 6.54 Å². The van der Waals surface area contributed by atoms with E-state index in [9.17, 15) is 5.11 Å². The maximum Gasteiger partial charge on any atom is 0.114 e. The lowest BCUT2D eigenvalue weighted by molar-refractivity contribution is 0.00993. The minimum Gasteiger partial charge on any atom is -0.382 e. The quantitative estimate of drug-likeness (QED) is 0.838. The van der Waals surface area contributed by atoms with Crippen LogP contribution in [0.4, 0.5) is 0 Å². The van der Waals surface area contributed by atoms with E-state index in [1.54, 1.807) is 0 Å². The van der Waals surface area contributed by atoms with Crippen molar-refractivity contribution >= 4 is 0 Å². The van der Waals surface area contributed by atoms with E-state index in [0.717, 1.165) is 18.7 Å². The Labute approximate surface area is 122 Å². The fraction of sp³-hybridized carbons (Fsp3) is 0.647. The molecule has 1 heterocycles. The van der Waals surface area contributed by atoms with Crippen molar-refractivity contribution in [3.05, 3.63) is 35.9 Å². The molecule has 1 saturated heterocycles. The molecular weight excluding hydrogens is 248 g/mol. The van der Waals surface area contributed by atoms with E-state index in [1.807, 2.05) is 30.3 Å². The van der Waals surface area contributed by atoms with Crippen molar-refractivity contribution in [2.75, 3.05) is 26.2 Å². The highest BCUT2D eigenvalue weighted by Gasteiger charge is 2.39. The monoisotopic (exact) mass is 276 g/mol. The molecule has 1 atom stereocenters. The van der Waals surface area contributed by atoms with Crippen LogP contribution in [-0.4, -0.2) is 36.2 Å². The summed E-state index contributed by atoms with van der Waals surface area (Å²) in [6.45, 7) is 7.60. The molecule has 3 N–H and O–H groups in total. The average molecular weight is 276 g/mol. The van der Waals surface area contributed by atoms with Gasteiger partial charge in [-0.2, -0.15) is 0 Å². The Morgan fingerprint density at radius 1 is 1.25 bits per heavy atom. The molecular formula is C17H28N2O. The SMILES string of the molecule is CCC1(CC)CCN(CC(O)(CN)c2ccccc2)C1. The summed E-state index contributed by atoms with van der Waals surface area (Å²) < 4.78 is 0. The Morgan fingerprint density at radius 2 is 1.90 bits per heavy atom. The van der Waals surface area contributed by atoms with Crippen molar-refractivity contribution in [1.82, 2.24) is 4.90 Å². The summed E-state index contributed by atoms with van der Waals surface area (Å²) >= 11 is 0. The third kappa shape index (κ3) is 3.05. The highest BCUT2D eigenvalue weighted by molar-refractivity contribution is 5.23. The molecule has 0 radical (unpaired) electrons. The molecule has 3 nitrogen and oxygen atoms in total. The van der Waals surface area contributed by atoms with Crippen molar-refractivity contribution in [3.63, 3.8) is 0 Å². The van der Waals surface area contributed by atoms with E-state index < -0.39 is 5.60 Å². The molecule has 0 bridgehead atoms. The Bertz CT molecular complexity index is 416. The lowest BCUT2D eigenvalue weighted by Crippen LogP contribution is -2.45. The molecule has 3 heteroatoms. The zero-order chi connectivity index (χ0) is 14.6. The van der Waals surface area contributed by atoms with Gasteiger partial charge in [-0.3, -0.25) is 4.90 Å². The summed E-state index contributed by atoms with van der Waals surface area (Å²) in [5, 5.41) is 10.9. The second-order valence-electron chi connectivity index (χ2n) is 6.27. The molecule has 1 aliphatic heterocycles. The molecule has 0 aromatic heterocycles. The van der Waals surface area contributed by atoms with Gasteiger partial charge in [0.05, 0.1) is 0 Å². The number of β-amino-alcohol motifs (C(OH)–C–C–N with tert-alkyl or cyclic N) is 1. The molecule has 20 heavy (non-hydrogen) atoms. The molecule has 0 aliphatic carbocycles. The van der Waals surface area contributed by atoms with Gasteiger partial charge in [0.2, 0.25) is 0 Å². The van der Waals surface area contributed by atoms with Crippen LogP contribution < -0.4 is 5.73 Å². The van der Waals surface area contributed by atoms with Gasteiger partial charge in [-0.15, -0.1) is 0 Å². The van der Waals surface area contributed by atoms with Gasteiger partial charge in [-0.25, -0.2) is 0 Å². The Morgan fingerprint density at radius 3 is 2.40 bits per heavy atom. The fourth-order valence-electron chi connectivity index (χ4n) is 3.38. The van der Waals surface area contributed by atoms with Gasteiger partial charge in [-0.05, 0) is 36.8 Å². The largest absolute Gasteiger partial charge is 0.382 e. The number of hydrogen-bond acceptors (Lipinski definition) is 3. The minimum atomic E-state index is -0.932. The standard InChI is InChI=1S/C17H28N2O/c1-3-16(4-2)10-11-19(13-16)14-17(20,12-18)15-8-6-5-7-9-15/h5-9,20H,3-4,10-14,18H2,1-2H3. The van der Waals surface area contributed by atoms with Gasteiger partial charge < -0.3 is 10.8 Å². The van der Waals surface area contributed by atoms with Crippen LogP contribution in [0.3, 0.4) is 0 Å². The molecule has 1 aromatic carbocycles. The number of nitrogens with zero attached hydrogens (tertiary/aromatic N) is 1. The Hall–Kier alpha value is -0.900. The van der Waals surface area contributed by atoms with Crippen LogP contribution in [0.2, 0.25) is 0 Å². The van der Waals surface area contributed by atoms with Crippen LogP contribution in [0, 0.1) is 5.41 Å². The predicted octanol–water partition coefficient (Wildman–Crippen LogP) is 2.35. The van der Waals surface area contributed by atoms with Crippen LogP contribution in [0.25, 0.3) is 0 Å². The lowest BCUT2D eigenvalue weighted by atomic mass is 9.82. The molecule has 1 aliphatic rings. The van der Waals surface area contributed by atoms with Crippen LogP contribution in [0.5, 0.6) is 0 Å². The number of aliphatic hydroxyl groups is 1. The average Bonchev–Trinajstić information content (AvgIpc) is 2.91. The van der Waals surface area contributed by atoms with Crippen LogP contribution >= 0.6 is 0 Å². The zero-order valence-electron chi connectivity index (χ0n) is 12.8. The Kier molecular flexibility index (Phi) is 4.84. The summed E-state index contributed by atoms with van der Waals surface area (Å²) in [5.74, 6) is 0. The first-order valence-corrected chi connectivity index (χ1v) is 7.78. The molecule has 0 spiro atoms. The van der Waals surface area contributed by atoms with E-state index >= 15 is 0 Å². The lowest BCUT2D eigenvalue weighted by Gasteiger charge is -2.33. The second kappa shape index (κ2) is 6.25. The first kappa shape index (κ1) is 15.5. The number of nitrogens with two attached hydrogens (primary N) is 1. The van der Waals surface area contributed by atoms with Crippen LogP contribution in [0.1, 0.15) is 38.7 Å². The zero-order valence-corrected chi connectivity index (χ0v) is 12.8.